The maximum absolute atomic E-state index is 10.3. The maximum Gasteiger partial charge on any atom is 0.317 e. The summed E-state index contributed by atoms with van der Waals surface area (Å²) in [5.74, 6) is -1.61. The molecule has 0 aliphatic carbocycles. The normalized spacial score (nSPS) is 15.0. The first-order valence-electron chi connectivity index (χ1n) is 9.88. The Morgan fingerprint density at radius 1 is 0.793 bits per heavy atom. The van der Waals surface area contributed by atoms with Gasteiger partial charge in [-0.3, -0.25) is 14.5 Å². The van der Waals surface area contributed by atoms with E-state index in [1.807, 2.05) is 4.90 Å². The Balaban J connectivity index is 0.000000604. The first kappa shape index (κ1) is 27.7. The minimum absolute atomic E-state index is 0.0198. The Morgan fingerprint density at radius 2 is 1.24 bits per heavy atom. The smallest absolute Gasteiger partial charge is 0.317 e. The van der Waals surface area contributed by atoms with E-state index >= 15 is 0 Å². The van der Waals surface area contributed by atoms with Gasteiger partial charge in [0.25, 0.3) is 0 Å². The van der Waals surface area contributed by atoms with Crippen LogP contribution in [-0.2, 0) is 28.5 Å². The van der Waals surface area contributed by atoms with E-state index in [9.17, 15) is 9.59 Å². The molecule has 0 aromatic carbocycles. The van der Waals surface area contributed by atoms with Crippen molar-refractivity contribution in [3.05, 3.63) is 0 Å². The fraction of sp³-hybridized carbons (Fsp3) is 0.889. The molecule has 0 spiro atoms. The third-order valence-corrected chi connectivity index (χ3v) is 3.83. The van der Waals surface area contributed by atoms with Crippen molar-refractivity contribution in [3.8, 4) is 0 Å². The number of carboxylic acids is 2. The van der Waals surface area contributed by atoms with Crippen LogP contribution in [0.15, 0.2) is 0 Å². The van der Waals surface area contributed by atoms with Gasteiger partial charge in [0, 0.05) is 25.7 Å². The van der Waals surface area contributed by atoms with Crippen molar-refractivity contribution >= 4 is 11.9 Å². The van der Waals surface area contributed by atoms with Crippen LogP contribution in [0.4, 0.5) is 0 Å². The van der Waals surface area contributed by atoms with Gasteiger partial charge in [-0.05, 0) is 12.8 Å². The summed E-state index contributed by atoms with van der Waals surface area (Å²) in [4.78, 5) is 22.4. The van der Waals surface area contributed by atoms with Crippen LogP contribution in [0.2, 0.25) is 0 Å². The number of carbonyl (C=O) groups is 2. The molecule has 0 atom stereocenters. The molecular weight excluding hydrogens is 386 g/mol. The summed E-state index contributed by atoms with van der Waals surface area (Å²) in [5, 5.41) is 16.8. The molecule has 0 saturated carbocycles. The summed E-state index contributed by atoms with van der Waals surface area (Å²) in [7, 11) is 0. The van der Waals surface area contributed by atoms with Crippen LogP contribution in [0.5, 0.6) is 0 Å². The van der Waals surface area contributed by atoms with Crippen LogP contribution in [0, 0.1) is 0 Å². The summed E-state index contributed by atoms with van der Waals surface area (Å²) in [5.41, 5.74) is 10.9. The molecule has 0 aromatic rings. The standard InChI is InChI=1S/C11H23NO6.C7H14N2O2/c12-2-4-16-6-8-18-10-9-17-7-5-15-3-1-11(13)14;8-6-1-3-9(4-2-6)5-7(10)11/h1-10,12H2,(H,13,14);6H,1-5,8H2,(H,10,11). The Hall–Kier alpha value is -1.34. The van der Waals surface area contributed by atoms with E-state index in [1.165, 1.54) is 0 Å². The molecule has 0 aromatic heterocycles. The van der Waals surface area contributed by atoms with Gasteiger partial charge < -0.3 is 40.6 Å². The fourth-order valence-electron chi connectivity index (χ4n) is 2.31. The second-order valence-electron chi connectivity index (χ2n) is 6.39. The van der Waals surface area contributed by atoms with Crippen molar-refractivity contribution in [2.24, 2.45) is 11.5 Å². The van der Waals surface area contributed by atoms with Crippen LogP contribution in [-0.4, -0.2) is 112 Å². The van der Waals surface area contributed by atoms with Gasteiger partial charge in [0.1, 0.15) is 0 Å². The van der Waals surface area contributed by atoms with Gasteiger partial charge in [-0.2, -0.15) is 0 Å². The molecule has 1 saturated heterocycles. The predicted octanol–water partition coefficient (Wildman–Crippen LogP) is -1.02. The van der Waals surface area contributed by atoms with Gasteiger partial charge in [-0.1, -0.05) is 0 Å². The molecule has 1 heterocycles. The Kier molecular flexibility index (Phi) is 19.0. The lowest BCUT2D eigenvalue weighted by Crippen LogP contribution is -2.41. The first-order chi connectivity index (χ1) is 14.0. The van der Waals surface area contributed by atoms with Crippen molar-refractivity contribution in [3.63, 3.8) is 0 Å². The van der Waals surface area contributed by atoms with Gasteiger partial charge in [-0.25, -0.2) is 0 Å². The minimum atomic E-state index is -0.860. The highest BCUT2D eigenvalue weighted by Crippen LogP contribution is 2.06. The zero-order valence-corrected chi connectivity index (χ0v) is 17.1. The summed E-state index contributed by atoms with van der Waals surface area (Å²) in [6.45, 7) is 5.98. The largest absolute Gasteiger partial charge is 0.481 e. The van der Waals surface area contributed by atoms with Gasteiger partial charge in [-0.15, -0.1) is 0 Å². The van der Waals surface area contributed by atoms with Crippen LogP contribution in [0.1, 0.15) is 19.3 Å². The third kappa shape index (κ3) is 21.2. The number of aliphatic carboxylic acids is 2. The number of carboxylic acid groups (broad SMARTS) is 2. The van der Waals surface area contributed by atoms with Crippen molar-refractivity contribution in [2.75, 3.05) is 79.0 Å². The second kappa shape index (κ2) is 20.0. The number of rotatable bonds is 16. The van der Waals surface area contributed by atoms with Gasteiger partial charge >= 0.3 is 11.9 Å². The van der Waals surface area contributed by atoms with Crippen molar-refractivity contribution < 1.29 is 38.7 Å². The number of nitrogens with two attached hydrogens (primary N) is 2. The van der Waals surface area contributed by atoms with Gasteiger partial charge in [0.05, 0.1) is 65.8 Å². The van der Waals surface area contributed by atoms with Crippen LogP contribution in [0.25, 0.3) is 0 Å². The molecule has 6 N–H and O–H groups in total. The number of hydrogen-bond acceptors (Lipinski definition) is 9. The molecular formula is C18H37N3O8. The molecule has 0 unspecified atom stereocenters. The lowest BCUT2D eigenvalue weighted by molar-refractivity contribution is -0.139. The quantitative estimate of drug-likeness (QED) is 0.224. The fourth-order valence-corrected chi connectivity index (χ4v) is 2.31. The highest BCUT2D eigenvalue weighted by Gasteiger charge is 2.17. The number of hydrogen-bond donors (Lipinski definition) is 4. The van der Waals surface area contributed by atoms with Gasteiger partial charge in [0.2, 0.25) is 0 Å². The number of nitrogens with zero attached hydrogens (tertiary/aromatic N) is 1. The van der Waals surface area contributed by atoms with E-state index in [1.54, 1.807) is 0 Å². The first-order valence-corrected chi connectivity index (χ1v) is 9.88. The Morgan fingerprint density at radius 3 is 1.66 bits per heavy atom. The average molecular weight is 424 g/mol. The van der Waals surface area contributed by atoms with E-state index in [0.29, 0.717) is 52.8 Å². The molecule has 0 amide bonds. The van der Waals surface area contributed by atoms with Crippen LogP contribution < -0.4 is 11.5 Å². The highest BCUT2D eigenvalue weighted by molar-refractivity contribution is 5.69. The van der Waals surface area contributed by atoms with E-state index in [-0.39, 0.29) is 25.6 Å². The van der Waals surface area contributed by atoms with Gasteiger partial charge in [0.15, 0.2) is 0 Å². The topological polar surface area (TPSA) is 167 Å². The van der Waals surface area contributed by atoms with E-state index in [4.69, 9.17) is 40.6 Å². The molecule has 172 valence electrons. The molecule has 1 aliphatic heterocycles. The molecule has 1 rings (SSSR count). The van der Waals surface area contributed by atoms with Crippen molar-refractivity contribution in [1.29, 1.82) is 0 Å². The second-order valence-corrected chi connectivity index (χ2v) is 6.39. The Labute approximate surface area is 172 Å². The number of piperidine rings is 1. The molecule has 0 radical (unpaired) electrons. The zero-order chi connectivity index (χ0) is 21.7. The molecule has 0 bridgehead atoms. The maximum atomic E-state index is 10.3. The summed E-state index contributed by atoms with van der Waals surface area (Å²) >= 11 is 0. The van der Waals surface area contributed by atoms with Crippen LogP contribution in [0.3, 0.4) is 0 Å². The van der Waals surface area contributed by atoms with Crippen molar-refractivity contribution in [1.82, 2.24) is 4.90 Å². The van der Waals surface area contributed by atoms with Crippen LogP contribution >= 0.6 is 0 Å². The SMILES string of the molecule is NC1CCN(CC(=O)O)CC1.NCCOCCOCCOCCOCCC(=O)O. The highest BCUT2D eigenvalue weighted by atomic mass is 16.6. The number of likely N-dealkylation sites (tertiary alicyclic amines) is 1. The summed E-state index contributed by atoms with van der Waals surface area (Å²) < 4.78 is 20.6. The van der Waals surface area contributed by atoms with Crippen molar-refractivity contribution in [2.45, 2.75) is 25.3 Å². The van der Waals surface area contributed by atoms with E-state index in [2.05, 4.69) is 0 Å². The lowest BCUT2D eigenvalue weighted by Gasteiger charge is -2.28. The average Bonchev–Trinajstić information content (AvgIpc) is 2.67. The predicted molar refractivity (Wildman–Crippen MR) is 106 cm³/mol. The number of ether oxygens (including phenoxy) is 4. The van der Waals surface area contributed by atoms with E-state index in [0.717, 1.165) is 25.9 Å². The summed E-state index contributed by atoms with van der Waals surface area (Å²) in [6, 6.07) is 0.278. The monoisotopic (exact) mass is 423 g/mol. The zero-order valence-electron chi connectivity index (χ0n) is 17.1. The Bertz CT molecular complexity index is 407. The summed E-state index contributed by atoms with van der Waals surface area (Å²) in [6.07, 6.45) is 1.87. The molecule has 29 heavy (non-hydrogen) atoms. The molecule has 11 nitrogen and oxygen atoms in total. The minimum Gasteiger partial charge on any atom is -0.481 e. The molecule has 11 heteroatoms. The molecule has 1 fully saturated rings. The third-order valence-electron chi connectivity index (χ3n) is 3.83. The molecule has 1 aliphatic rings. The lowest BCUT2D eigenvalue weighted by atomic mass is 10.1. The van der Waals surface area contributed by atoms with E-state index < -0.39 is 11.9 Å².